The van der Waals surface area contributed by atoms with Crippen molar-refractivity contribution in [2.24, 2.45) is 0 Å². The van der Waals surface area contributed by atoms with Crippen LogP contribution in [0.2, 0.25) is 0 Å². The van der Waals surface area contributed by atoms with E-state index in [1.54, 1.807) is 49.4 Å². The molecule has 0 bridgehead atoms. The number of carbonyl (C=O) groups is 4. The summed E-state index contributed by atoms with van der Waals surface area (Å²) in [6, 6.07) is 25.8. The summed E-state index contributed by atoms with van der Waals surface area (Å²) in [5.41, 5.74) is 4.13. The number of amides is 5. The highest BCUT2D eigenvalue weighted by atomic mass is 16.5. The van der Waals surface area contributed by atoms with Gasteiger partial charge in [0, 0.05) is 5.69 Å². The van der Waals surface area contributed by atoms with Crippen LogP contribution in [0.15, 0.2) is 96.6 Å². The Morgan fingerprint density at radius 3 is 2.35 bits per heavy atom. The molecule has 2 N–H and O–H groups in total. The molecule has 5 rings (SSSR count). The van der Waals surface area contributed by atoms with Gasteiger partial charge in [0.1, 0.15) is 17.9 Å². The van der Waals surface area contributed by atoms with Gasteiger partial charge in [-0.2, -0.15) is 0 Å². The maximum Gasteiger partial charge on any atom is 0.335 e. The number of urea groups is 1. The van der Waals surface area contributed by atoms with Crippen LogP contribution in [-0.4, -0.2) is 37.0 Å². The average Bonchev–Trinajstić information content (AvgIpc) is 3.04. The average molecular weight is 620 g/mol. The van der Waals surface area contributed by atoms with E-state index in [2.05, 4.69) is 10.6 Å². The minimum Gasteiger partial charge on any atom is -0.490 e. The number of carbonyl (C=O) groups excluding carboxylic acids is 4. The van der Waals surface area contributed by atoms with Gasteiger partial charge in [-0.25, -0.2) is 9.69 Å². The van der Waals surface area contributed by atoms with Crippen molar-refractivity contribution in [2.75, 3.05) is 23.4 Å². The van der Waals surface area contributed by atoms with E-state index >= 15 is 0 Å². The van der Waals surface area contributed by atoms with E-state index < -0.39 is 17.8 Å². The summed E-state index contributed by atoms with van der Waals surface area (Å²) in [5.74, 6) is -0.765. The lowest BCUT2D eigenvalue weighted by atomic mass is 10.1. The first-order valence-electron chi connectivity index (χ1n) is 14.7. The Kier molecular flexibility index (Phi) is 9.77. The Hall–Kier alpha value is -5.90. The van der Waals surface area contributed by atoms with Gasteiger partial charge in [-0.1, -0.05) is 48.5 Å². The molecule has 10 nitrogen and oxygen atoms in total. The summed E-state index contributed by atoms with van der Waals surface area (Å²) in [5, 5.41) is 5.08. The van der Waals surface area contributed by atoms with Gasteiger partial charge in [-0.3, -0.25) is 19.7 Å². The molecule has 0 aromatic heterocycles. The molecule has 0 spiro atoms. The van der Waals surface area contributed by atoms with Gasteiger partial charge in [0.15, 0.2) is 18.1 Å². The third kappa shape index (κ3) is 7.59. The van der Waals surface area contributed by atoms with E-state index in [4.69, 9.17) is 14.2 Å². The van der Waals surface area contributed by atoms with E-state index in [1.807, 2.05) is 62.4 Å². The summed E-state index contributed by atoms with van der Waals surface area (Å²) < 4.78 is 17.3. The van der Waals surface area contributed by atoms with Crippen LogP contribution in [-0.2, 0) is 21.0 Å². The van der Waals surface area contributed by atoms with E-state index in [0.717, 1.165) is 21.6 Å². The zero-order chi connectivity index (χ0) is 32.6. The number of ether oxygens (including phenoxy) is 3. The first-order valence-corrected chi connectivity index (χ1v) is 14.7. The second-order valence-electron chi connectivity index (χ2n) is 10.5. The van der Waals surface area contributed by atoms with Crippen molar-refractivity contribution in [2.45, 2.75) is 27.4 Å². The minimum absolute atomic E-state index is 0.243. The van der Waals surface area contributed by atoms with Gasteiger partial charge in [-0.05, 0) is 91.6 Å². The minimum atomic E-state index is -0.858. The van der Waals surface area contributed by atoms with Crippen LogP contribution in [0.3, 0.4) is 0 Å². The molecular formula is C36H33N3O7. The lowest BCUT2D eigenvalue weighted by molar-refractivity contribution is -0.122. The Bertz CT molecular complexity index is 1800. The van der Waals surface area contributed by atoms with Crippen LogP contribution in [0, 0.1) is 13.8 Å². The number of benzene rings is 4. The Morgan fingerprint density at radius 1 is 0.848 bits per heavy atom. The molecule has 0 unspecified atom stereocenters. The Labute approximate surface area is 266 Å². The zero-order valence-corrected chi connectivity index (χ0v) is 25.7. The molecule has 0 aliphatic carbocycles. The van der Waals surface area contributed by atoms with Crippen LogP contribution in [0.25, 0.3) is 6.08 Å². The number of anilines is 2. The van der Waals surface area contributed by atoms with Gasteiger partial charge in [0.2, 0.25) is 0 Å². The summed E-state index contributed by atoms with van der Waals surface area (Å²) >= 11 is 0. The lowest BCUT2D eigenvalue weighted by Gasteiger charge is -2.26. The second kappa shape index (κ2) is 14.3. The lowest BCUT2D eigenvalue weighted by Crippen LogP contribution is -2.54. The van der Waals surface area contributed by atoms with Crippen molar-refractivity contribution < 1.29 is 33.4 Å². The zero-order valence-electron chi connectivity index (χ0n) is 25.7. The summed E-state index contributed by atoms with van der Waals surface area (Å²) in [6.45, 7) is 6.04. The molecule has 0 atom stereocenters. The molecule has 1 aliphatic rings. The van der Waals surface area contributed by atoms with Gasteiger partial charge >= 0.3 is 6.03 Å². The first kappa shape index (κ1) is 31.5. The molecule has 10 heteroatoms. The van der Waals surface area contributed by atoms with Crippen LogP contribution < -0.4 is 29.7 Å². The maximum atomic E-state index is 13.4. The number of aryl methyl sites for hydroxylation is 2. The summed E-state index contributed by atoms with van der Waals surface area (Å²) in [4.78, 5) is 52.4. The monoisotopic (exact) mass is 619 g/mol. The number of nitrogens with zero attached hydrogens (tertiary/aromatic N) is 1. The molecule has 4 aromatic carbocycles. The molecule has 1 heterocycles. The summed E-state index contributed by atoms with van der Waals surface area (Å²) in [6.07, 6.45) is 1.37. The normalized spacial score (nSPS) is 13.8. The standard InChI is InChI=1S/C36H33N3O7/c1-4-44-32-20-26(12-17-31(32)46-22-33(40)37-30-18-23(2)10-11-24(30)3)19-29-34(41)38-36(43)39(35(29)42)27-13-15-28(16-14-27)45-21-25-8-6-5-7-9-25/h5-20H,4,21-22H2,1-3H3,(H,37,40)(H,38,41,43)/b29-19-. The molecule has 0 saturated carbocycles. The van der Waals surface area contributed by atoms with Crippen molar-refractivity contribution in [1.82, 2.24) is 5.32 Å². The van der Waals surface area contributed by atoms with Crippen molar-refractivity contribution in [1.29, 1.82) is 0 Å². The van der Waals surface area contributed by atoms with Crippen LogP contribution in [0.4, 0.5) is 16.2 Å². The Morgan fingerprint density at radius 2 is 1.61 bits per heavy atom. The van der Waals surface area contributed by atoms with Crippen LogP contribution in [0.5, 0.6) is 17.2 Å². The molecule has 0 radical (unpaired) electrons. The number of barbiturate groups is 1. The maximum absolute atomic E-state index is 13.4. The molecule has 5 amide bonds. The van der Waals surface area contributed by atoms with Gasteiger partial charge < -0.3 is 19.5 Å². The van der Waals surface area contributed by atoms with Crippen LogP contribution >= 0.6 is 0 Å². The summed E-state index contributed by atoms with van der Waals surface area (Å²) in [7, 11) is 0. The predicted molar refractivity (Wildman–Crippen MR) is 174 cm³/mol. The van der Waals surface area contributed by atoms with Gasteiger partial charge in [0.25, 0.3) is 17.7 Å². The topological polar surface area (TPSA) is 123 Å². The Balaban J connectivity index is 1.29. The van der Waals surface area contributed by atoms with Crippen molar-refractivity contribution in [3.63, 3.8) is 0 Å². The van der Waals surface area contributed by atoms with Crippen molar-refractivity contribution in [3.05, 3.63) is 119 Å². The van der Waals surface area contributed by atoms with E-state index in [1.165, 1.54) is 6.08 Å². The van der Waals surface area contributed by atoms with E-state index in [0.29, 0.717) is 41.7 Å². The quantitative estimate of drug-likeness (QED) is 0.157. The molecule has 46 heavy (non-hydrogen) atoms. The van der Waals surface area contributed by atoms with Crippen molar-refractivity contribution >= 4 is 41.2 Å². The van der Waals surface area contributed by atoms with Crippen molar-refractivity contribution in [3.8, 4) is 17.2 Å². The highest BCUT2D eigenvalue weighted by Gasteiger charge is 2.36. The van der Waals surface area contributed by atoms with Crippen LogP contribution in [0.1, 0.15) is 29.2 Å². The third-order valence-corrected chi connectivity index (χ3v) is 7.05. The number of nitrogens with one attached hydrogen (secondary N) is 2. The SMILES string of the molecule is CCOc1cc(/C=C2/C(=O)NC(=O)N(c3ccc(OCc4ccccc4)cc3)C2=O)ccc1OCC(=O)Nc1cc(C)ccc1C. The molecule has 1 saturated heterocycles. The van der Waals surface area contributed by atoms with Gasteiger partial charge in [0.05, 0.1) is 12.3 Å². The largest absolute Gasteiger partial charge is 0.490 e. The van der Waals surface area contributed by atoms with E-state index in [9.17, 15) is 19.2 Å². The number of rotatable bonds is 11. The highest BCUT2D eigenvalue weighted by molar-refractivity contribution is 6.39. The third-order valence-electron chi connectivity index (χ3n) is 7.05. The molecule has 4 aromatic rings. The smallest absolute Gasteiger partial charge is 0.335 e. The van der Waals surface area contributed by atoms with Gasteiger partial charge in [-0.15, -0.1) is 0 Å². The van der Waals surface area contributed by atoms with E-state index in [-0.39, 0.29) is 23.8 Å². The first-order chi connectivity index (χ1) is 22.2. The molecular weight excluding hydrogens is 586 g/mol. The highest BCUT2D eigenvalue weighted by Crippen LogP contribution is 2.31. The number of hydrogen-bond acceptors (Lipinski definition) is 7. The fourth-order valence-electron chi connectivity index (χ4n) is 4.69. The number of hydrogen-bond donors (Lipinski definition) is 2. The molecule has 1 aliphatic heterocycles. The molecule has 234 valence electrons. The predicted octanol–water partition coefficient (Wildman–Crippen LogP) is 5.97. The second-order valence-corrected chi connectivity index (χ2v) is 10.5. The fourth-order valence-corrected chi connectivity index (χ4v) is 4.69. The molecule has 1 fully saturated rings. The fraction of sp³-hybridized carbons (Fsp3) is 0.167. The number of imide groups is 2.